The quantitative estimate of drug-likeness (QED) is 0.901. The van der Waals surface area contributed by atoms with Crippen molar-refractivity contribution in [3.8, 4) is 5.88 Å². The maximum atomic E-state index is 12.7. The average Bonchev–Trinajstić information content (AvgIpc) is 2.88. The van der Waals surface area contributed by atoms with E-state index in [0.29, 0.717) is 19.1 Å². The van der Waals surface area contributed by atoms with Crippen molar-refractivity contribution in [2.75, 3.05) is 18.5 Å². The Bertz CT molecular complexity index is 445. The molecular formula is C13H18F3N3O. The Morgan fingerprint density at radius 1 is 1.30 bits per heavy atom. The fraction of sp³-hybridized carbons (Fsp3) is 0.692. The molecule has 1 aliphatic rings. The predicted molar refractivity (Wildman–Crippen MR) is 68.7 cm³/mol. The molecular weight excluding hydrogens is 271 g/mol. The fourth-order valence-electron chi connectivity index (χ4n) is 2.28. The van der Waals surface area contributed by atoms with E-state index in [9.17, 15) is 13.2 Å². The molecule has 0 aliphatic heterocycles. The Labute approximate surface area is 115 Å². The Morgan fingerprint density at radius 3 is 2.60 bits per heavy atom. The number of ether oxygens (including phenoxy) is 1. The van der Waals surface area contributed by atoms with Crippen LogP contribution < -0.4 is 10.1 Å². The molecule has 4 nitrogen and oxygen atoms in total. The minimum absolute atomic E-state index is 0.0184. The van der Waals surface area contributed by atoms with Gasteiger partial charge < -0.3 is 10.1 Å². The van der Waals surface area contributed by atoms with Crippen LogP contribution in [-0.4, -0.2) is 23.1 Å². The maximum Gasteiger partial charge on any atom is 0.451 e. The summed E-state index contributed by atoms with van der Waals surface area (Å²) in [5.74, 6) is -0.634. The molecule has 1 heterocycles. The standard InChI is InChI=1S/C13H18F3N3O/c1-2-17-10-7-11(19-12(18-10)13(14,15)16)20-8-9-5-3-4-6-9/h7,9H,2-6,8H2,1H3,(H,17,18,19). The van der Waals surface area contributed by atoms with Crippen LogP contribution in [0.2, 0.25) is 0 Å². The van der Waals surface area contributed by atoms with Gasteiger partial charge in [0.05, 0.1) is 6.61 Å². The molecule has 0 radical (unpaired) electrons. The van der Waals surface area contributed by atoms with Gasteiger partial charge in [0.15, 0.2) is 0 Å². The molecule has 0 spiro atoms. The van der Waals surface area contributed by atoms with Gasteiger partial charge in [-0.25, -0.2) is 4.98 Å². The van der Waals surface area contributed by atoms with E-state index in [1.54, 1.807) is 6.92 Å². The SMILES string of the molecule is CCNc1cc(OCC2CCCC2)nc(C(F)(F)F)n1. The molecule has 7 heteroatoms. The van der Waals surface area contributed by atoms with Crippen molar-refractivity contribution >= 4 is 5.82 Å². The number of nitrogens with zero attached hydrogens (tertiary/aromatic N) is 2. The first kappa shape index (κ1) is 14.9. The lowest BCUT2D eigenvalue weighted by Gasteiger charge is -2.13. The van der Waals surface area contributed by atoms with Gasteiger partial charge in [-0.15, -0.1) is 0 Å². The van der Waals surface area contributed by atoms with Crippen molar-refractivity contribution in [1.82, 2.24) is 9.97 Å². The summed E-state index contributed by atoms with van der Waals surface area (Å²) in [7, 11) is 0. The average molecular weight is 289 g/mol. The van der Waals surface area contributed by atoms with Crippen LogP contribution in [0.5, 0.6) is 5.88 Å². The van der Waals surface area contributed by atoms with E-state index in [1.165, 1.54) is 6.07 Å². The van der Waals surface area contributed by atoms with Gasteiger partial charge in [0.2, 0.25) is 11.7 Å². The van der Waals surface area contributed by atoms with E-state index in [1.807, 2.05) is 0 Å². The molecule has 1 N–H and O–H groups in total. The molecule has 0 saturated heterocycles. The first-order chi connectivity index (χ1) is 9.49. The zero-order valence-electron chi connectivity index (χ0n) is 11.3. The Balaban J connectivity index is 2.11. The van der Waals surface area contributed by atoms with Crippen molar-refractivity contribution in [2.24, 2.45) is 5.92 Å². The fourth-order valence-corrected chi connectivity index (χ4v) is 2.28. The van der Waals surface area contributed by atoms with Crippen molar-refractivity contribution in [3.63, 3.8) is 0 Å². The smallest absolute Gasteiger partial charge is 0.451 e. The van der Waals surface area contributed by atoms with E-state index < -0.39 is 12.0 Å². The zero-order chi connectivity index (χ0) is 14.6. The highest BCUT2D eigenvalue weighted by Gasteiger charge is 2.35. The Morgan fingerprint density at radius 2 is 2.00 bits per heavy atom. The van der Waals surface area contributed by atoms with Crippen LogP contribution >= 0.6 is 0 Å². The van der Waals surface area contributed by atoms with Crippen molar-refractivity contribution < 1.29 is 17.9 Å². The third kappa shape index (κ3) is 3.98. The van der Waals surface area contributed by atoms with Crippen LogP contribution in [0, 0.1) is 5.92 Å². The molecule has 0 aromatic carbocycles. The third-order valence-corrected chi connectivity index (χ3v) is 3.26. The molecule has 1 saturated carbocycles. The molecule has 20 heavy (non-hydrogen) atoms. The van der Waals surface area contributed by atoms with E-state index in [4.69, 9.17) is 4.74 Å². The van der Waals surface area contributed by atoms with Crippen LogP contribution in [0.25, 0.3) is 0 Å². The number of aromatic nitrogens is 2. The minimum Gasteiger partial charge on any atom is -0.477 e. The monoisotopic (exact) mass is 289 g/mol. The van der Waals surface area contributed by atoms with E-state index in [2.05, 4.69) is 15.3 Å². The van der Waals surface area contributed by atoms with Gasteiger partial charge in [-0.05, 0) is 25.7 Å². The summed E-state index contributed by atoms with van der Waals surface area (Å²) >= 11 is 0. The molecule has 0 bridgehead atoms. The Kier molecular flexibility index (Phi) is 4.67. The van der Waals surface area contributed by atoms with E-state index in [0.717, 1.165) is 25.7 Å². The largest absolute Gasteiger partial charge is 0.477 e. The lowest BCUT2D eigenvalue weighted by molar-refractivity contribution is -0.145. The van der Waals surface area contributed by atoms with Gasteiger partial charge in [-0.3, -0.25) is 0 Å². The molecule has 1 aromatic heterocycles. The number of hydrogen-bond donors (Lipinski definition) is 1. The number of hydrogen-bond acceptors (Lipinski definition) is 4. The predicted octanol–water partition coefficient (Wildman–Crippen LogP) is 3.50. The van der Waals surface area contributed by atoms with Crippen LogP contribution in [0.3, 0.4) is 0 Å². The zero-order valence-corrected chi connectivity index (χ0v) is 11.3. The number of rotatable bonds is 5. The molecule has 1 aromatic rings. The van der Waals surface area contributed by atoms with Crippen LogP contribution in [-0.2, 0) is 6.18 Å². The summed E-state index contributed by atoms with van der Waals surface area (Å²) in [5, 5.41) is 2.76. The molecule has 112 valence electrons. The van der Waals surface area contributed by atoms with Gasteiger partial charge in [-0.2, -0.15) is 18.2 Å². The van der Waals surface area contributed by atoms with Gasteiger partial charge >= 0.3 is 6.18 Å². The summed E-state index contributed by atoms with van der Waals surface area (Å²) in [6, 6.07) is 1.41. The third-order valence-electron chi connectivity index (χ3n) is 3.26. The van der Waals surface area contributed by atoms with Crippen molar-refractivity contribution in [2.45, 2.75) is 38.8 Å². The van der Waals surface area contributed by atoms with Crippen molar-refractivity contribution in [1.29, 1.82) is 0 Å². The summed E-state index contributed by atoms with van der Waals surface area (Å²) in [5.41, 5.74) is 0. The van der Waals surface area contributed by atoms with Gasteiger partial charge in [0.1, 0.15) is 5.82 Å². The molecule has 2 rings (SSSR count). The summed E-state index contributed by atoms with van der Waals surface area (Å²) in [6.45, 7) is 2.69. The maximum absolute atomic E-state index is 12.7. The van der Waals surface area contributed by atoms with Gasteiger partial charge in [0.25, 0.3) is 0 Å². The summed E-state index contributed by atoms with van der Waals surface area (Å²) in [4.78, 5) is 6.90. The number of halogens is 3. The second kappa shape index (κ2) is 6.28. The van der Waals surface area contributed by atoms with Crippen LogP contribution in [0.1, 0.15) is 38.4 Å². The highest BCUT2D eigenvalue weighted by molar-refractivity contribution is 5.38. The van der Waals surface area contributed by atoms with Gasteiger partial charge in [0, 0.05) is 12.6 Å². The number of nitrogens with one attached hydrogen (secondary N) is 1. The normalized spacial score (nSPS) is 16.4. The lowest BCUT2D eigenvalue weighted by Crippen LogP contribution is -2.15. The van der Waals surface area contributed by atoms with Crippen molar-refractivity contribution in [3.05, 3.63) is 11.9 Å². The summed E-state index contributed by atoms with van der Waals surface area (Å²) < 4.78 is 43.6. The second-order valence-electron chi connectivity index (χ2n) is 4.90. The highest BCUT2D eigenvalue weighted by atomic mass is 19.4. The molecule has 1 fully saturated rings. The number of anilines is 1. The first-order valence-corrected chi connectivity index (χ1v) is 6.82. The molecule has 0 unspecified atom stereocenters. The number of alkyl halides is 3. The van der Waals surface area contributed by atoms with Gasteiger partial charge in [-0.1, -0.05) is 12.8 Å². The minimum atomic E-state index is -4.57. The van der Waals surface area contributed by atoms with E-state index in [-0.39, 0.29) is 11.7 Å². The molecule has 0 atom stereocenters. The second-order valence-corrected chi connectivity index (χ2v) is 4.90. The lowest BCUT2D eigenvalue weighted by atomic mass is 10.1. The topological polar surface area (TPSA) is 47.0 Å². The first-order valence-electron chi connectivity index (χ1n) is 6.82. The molecule has 0 amide bonds. The molecule has 1 aliphatic carbocycles. The van der Waals surface area contributed by atoms with Crippen LogP contribution in [0.4, 0.5) is 19.0 Å². The Hall–Kier alpha value is -1.53. The van der Waals surface area contributed by atoms with E-state index >= 15 is 0 Å². The highest BCUT2D eigenvalue weighted by Crippen LogP contribution is 2.30. The van der Waals surface area contributed by atoms with Crippen LogP contribution in [0.15, 0.2) is 6.07 Å². The summed E-state index contributed by atoms with van der Waals surface area (Å²) in [6.07, 6.45) is -0.117.